The van der Waals surface area contributed by atoms with Gasteiger partial charge < -0.3 is 9.73 Å². The maximum atomic E-state index is 5.64. The van der Waals surface area contributed by atoms with E-state index in [2.05, 4.69) is 54.7 Å². The first-order chi connectivity index (χ1) is 9.70. The van der Waals surface area contributed by atoms with Gasteiger partial charge in [-0.3, -0.25) is 4.90 Å². The molecule has 0 saturated heterocycles. The summed E-state index contributed by atoms with van der Waals surface area (Å²) >= 11 is 1.83. The van der Waals surface area contributed by atoms with E-state index in [9.17, 15) is 0 Å². The lowest BCUT2D eigenvalue weighted by Gasteiger charge is -2.23. The van der Waals surface area contributed by atoms with Crippen LogP contribution in [0.3, 0.4) is 0 Å². The molecule has 0 radical (unpaired) electrons. The van der Waals surface area contributed by atoms with Crippen molar-refractivity contribution in [3.8, 4) is 0 Å². The second kappa shape index (κ2) is 7.62. The zero-order valence-corrected chi connectivity index (χ0v) is 13.4. The van der Waals surface area contributed by atoms with E-state index < -0.39 is 0 Å². The molecule has 1 N–H and O–H groups in total. The maximum Gasteiger partial charge on any atom is 0.122 e. The number of likely N-dealkylation sites (N-methyl/N-ethyl adjacent to an activating group) is 1. The van der Waals surface area contributed by atoms with E-state index in [-0.39, 0.29) is 0 Å². The van der Waals surface area contributed by atoms with Gasteiger partial charge in [-0.25, -0.2) is 0 Å². The number of nitrogens with zero attached hydrogens (tertiary/aromatic N) is 1. The lowest BCUT2D eigenvalue weighted by Crippen LogP contribution is -2.30. The molecule has 110 valence electrons. The Morgan fingerprint density at radius 1 is 1.40 bits per heavy atom. The van der Waals surface area contributed by atoms with Crippen LogP contribution in [0, 0.1) is 0 Å². The topological polar surface area (TPSA) is 28.4 Å². The standard InChI is InChI=1S/C16H24N2OS/c1-4-17-11-14-7-8-19-16(14)12-18(3)13(2)10-15-6-5-9-20-15/h5-9,13,17H,4,10-12H2,1-3H3. The van der Waals surface area contributed by atoms with Crippen molar-refractivity contribution in [3.63, 3.8) is 0 Å². The molecule has 2 aromatic heterocycles. The predicted octanol–water partition coefficient (Wildman–Crippen LogP) is 3.51. The summed E-state index contributed by atoms with van der Waals surface area (Å²) in [5.41, 5.74) is 1.27. The summed E-state index contributed by atoms with van der Waals surface area (Å²) < 4.78 is 5.64. The van der Waals surface area contributed by atoms with Gasteiger partial charge in [-0.2, -0.15) is 0 Å². The molecule has 4 heteroatoms. The fraction of sp³-hybridized carbons (Fsp3) is 0.500. The molecule has 2 rings (SSSR count). The third-order valence-corrected chi connectivity index (χ3v) is 4.52. The van der Waals surface area contributed by atoms with Gasteiger partial charge in [0.1, 0.15) is 5.76 Å². The molecule has 1 unspecified atom stereocenters. The molecule has 20 heavy (non-hydrogen) atoms. The van der Waals surface area contributed by atoms with Gasteiger partial charge in [-0.05, 0) is 44.4 Å². The van der Waals surface area contributed by atoms with Crippen molar-refractivity contribution in [2.75, 3.05) is 13.6 Å². The van der Waals surface area contributed by atoms with Crippen molar-refractivity contribution >= 4 is 11.3 Å². The molecular weight excluding hydrogens is 268 g/mol. The van der Waals surface area contributed by atoms with Crippen molar-refractivity contribution in [1.82, 2.24) is 10.2 Å². The largest absolute Gasteiger partial charge is 0.468 e. The molecular formula is C16H24N2OS. The average Bonchev–Trinajstić information content (AvgIpc) is 3.08. The molecule has 2 heterocycles. The summed E-state index contributed by atoms with van der Waals surface area (Å²) in [5.74, 6) is 1.08. The fourth-order valence-electron chi connectivity index (χ4n) is 2.18. The highest BCUT2D eigenvalue weighted by atomic mass is 32.1. The minimum Gasteiger partial charge on any atom is -0.468 e. The zero-order chi connectivity index (χ0) is 14.4. The molecule has 0 saturated carbocycles. The Morgan fingerprint density at radius 3 is 2.95 bits per heavy atom. The molecule has 0 fully saturated rings. The van der Waals surface area contributed by atoms with Gasteiger partial charge in [-0.15, -0.1) is 11.3 Å². The van der Waals surface area contributed by atoms with E-state index in [0.717, 1.165) is 31.8 Å². The third-order valence-electron chi connectivity index (χ3n) is 3.63. The quantitative estimate of drug-likeness (QED) is 0.807. The SMILES string of the molecule is CCNCc1ccoc1CN(C)C(C)Cc1cccs1. The van der Waals surface area contributed by atoms with Crippen LogP contribution in [0.15, 0.2) is 34.3 Å². The first-order valence-electron chi connectivity index (χ1n) is 7.19. The summed E-state index contributed by atoms with van der Waals surface area (Å²) in [7, 11) is 2.16. The van der Waals surface area contributed by atoms with Crippen LogP contribution in [0.4, 0.5) is 0 Å². The predicted molar refractivity (Wildman–Crippen MR) is 85.0 cm³/mol. The summed E-state index contributed by atoms with van der Waals surface area (Å²) in [4.78, 5) is 3.80. The molecule has 2 aromatic rings. The number of thiophene rings is 1. The Morgan fingerprint density at radius 2 is 2.25 bits per heavy atom. The first kappa shape index (κ1) is 15.3. The van der Waals surface area contributed by atoms with E-state index in [1.165, 1.54) is 10.4 Å². The zero-order valence-electron chi connectivity index (χ0n) is 12.6. The van der Waals surface area contributed by atoms with Gasteiger partial charge in [0.25, 0.3) is 0 Å². The van der Waals surface area contributed by atoms with Gasteiger partial charge in [0.2, 0.25) is 0 Å². The van der Waals surface area contributed by atoms with Crippen molar-refractivity contribution in [3.05, 3.63) is 46.0 Å². The average molecular weight is 292 g/mol. The van der Waals surface area contributed by atoms with Crippen molar-refractivity contribution in [1.29, 1.82) is 0 Å². The fourth-order valence-corrected chi connectivity index (χ4v) is 3.01. The van der Waals surface area contributed by atoms with Crippen LogP contribution in [-0.2, 0) is 19.5 Å². The van der Waals surface area contributed by atoms with Crippen LogP contribution in [0.2, 0.25) is 0 Å². The summed E-state index contributed by atoms with van der Waals surface area (Å²) in [6.45, 7) is 7.12. The minimum atomic E-state index is 0.505. The van der Waals surface area contributed by atoms with E-state index in [1.807, 2.05) is 11.3 Å². The molecule has 0 aliphatic rings. The summed E-state index contributed by atoms with van der Waals surface area (Å²) in [6.07, 6.45) is 2.89. The normalized spacial score (nSPS) is 13.0. The van der Waals surface area contributed by atoms with Gasteiger partial charge in [0.15, 0.2) is 0 Å². The number of rotatable bonds is 8. The first-order valence-corrected chi connectivity index (χ1v) is 8.07. The molecule has 0 aliphatic heterocycles. The van der Waals surface area contributed by atoms with Crippen LogP contribution in [0.5, 0.6) is 0 Å². The lowest BCUT2D eigenvalue weighted by molar-refractivity contribution is 0.228. The monoisotopic (exact) mass is 292 g/mol. The maximum absolute atomic E-state index is 5.64. The summed E-state index contributed by atoms with van der Waals surface area (Å²) in [6, 6.07) is 6.90. The van der Waals surface area contributed by atoms with Gasteiger partial charge in [0.05, 0.1) is 12.8 Å². The van der Waals surface area contributed by atoms with Crippen molar-refractivity contribution in [2.24, 2.45) is 0 Å². The van der Waals surface area contributed by atoms with Crippen molar-refractivity contribution < 1.29 is 4.42 Å². The molecule has 0 aromatic carbocycles. The highest BCUT2D eigenvalue weighted by Gasteiger charge is 2.14. The number of hydrogen-bond acceptors (Lipinski definition) is 4. The molecule has 1 atom stereocenters. The van der Waals surface area contributed by atoms with Crippen LogP contribution in [0.1, 0.15) is 30.0 Å². The number of hydrogen-bond donors (Lipinski definition) is 1. The second-order valence-corrected chi connectivity index (χ2v) is 6.23. The van der Waals surface area contributed by atoms with E-state index in [1.54, 1.807) is 6.26 Å². The van der Waals surface area contributed by atoms with Crippen LogP contribution < -0.4 is 5.32 Å². The van der Waals surface area contributed by atoms with Crippen LogP contribution in [0.25, 0.3) is 0 Å². The molecule has 3 nitrogen and oxygen atoms in total. The Balaban J connectivity index is 1.90. The van der Waals surface area contributed by atoms with Gasteiger partial charge >= 0.3 is 0 Å². The van der Waals surface area contributed by atoms with E-state index in [4.69, 9.17) is 4.42 Å². The molecule has 0 spiro atoms. The van der Waals surface area contributed by atoms with E-state index >= 15 is 0 Å². The summed E-state index contributed by atoms with van der Waals surface area (Å²) in [5, 5.41) is 5.50. The molecule has 0 amide bonds. The van der Waals surface area contributed by atoms with Crippen molar-refractivity contribution in [2.45, 2.75) is 39.4 Å². The Labute approximate surface area is 125 Å². The smallest absolute Gasteiger partial charge is 0.122 e. The number of nitrogens with one attached hydrogen (secondary N) is 1. The third kappa shape index (κ3) is 4.20. The highest BCUT2D eigenvalue weighted by molar-refractivity contribution is 7.09. The Kier molecular flexibility index (Phi) is 5.83. The second-order valence-electron chi connectivity index (χ2n) is 5.20. The Bertz CT molecular complexity index is 492. The van der Waals surface area contributed by atoms with E-state index in [0.29, 0.717) is 6.04 Å². The minimum absolute atomic E-state index is 0.505. The molecule has 0 bridgehead atoms. The lowest BCUT2D eigenvalue weighted by atomic mass is 10.1. The van der Waals surface area contributed by atoms with Crippen LogP contribution in [-0.4, -0.2) is 24.5 Å². The van der Waals surface area contributed by atoms with Gasteiger partial charge in [0, 0.05) is 23.0 Å². The highest BCUT2D eigenvalue weighted by Crippen LogP contribution is 2.17. The molecule has 0 aliphatic carbocycles. The van der Waals surface area contributed by atoms with Gasteiger partial charge in [-0.1, -0.05) is 13.0 Å². The Hall–Kier alpha value is -1.10. The number of furan rings is 1. The van der Waals surface area contributed by atoms with Crippen LogP contribution >= 0.6 is 11.3 Å².